The standard InChI is InChI=1S/C18H22N2/c1-13(2)16(19-3)12-20-17-10-6-4-8-14(17)15-9-5-7-11-18(15)20/h4-11,13,16,19H,12H2,1-3H3. The molecule has 1 atom stereocenters. The maximum atomic E-state index is 3.45. The summed E-state index contributed by atoms with van der Waals surface area (Å²) >= 11 is 0. The van der Waals surface area contributed by atoms with Crippen LogP contribution in [0.5, 0.6) is 0 Å². The van der Waals surface area contributed by atoms with Crippen LogP contribution in [0, 0.1) is 5.92 Å². The van der Waals surface area contributed by atoms with Crippen LogP contribution in [0.2, 0.25) is 0 Å². The number of para-hydroxylation sites is 2. The molecule has 0 spiro atoms. The number of likely N-dealkylation sites (N-methyl/N-ethyl adjacent to an activating group) is 1. The van der Waals surface area contributed by atoms with E-state index in [0.29, 0.717) is 12.0 Å². The highest BCUT2D eigenvalue weighted by Crippen LogP contribution is 2.29. The third kappa shape index (κ3) is 2.10. The van der Waals surface area contributed by atoms with E-state index < -0.39 is 0 Å². The van der Waals surface area contributed by atoms with Crippen LogP contribution in [-0.4, -0.2) is 17.7 Å². The van der Waals surface area contributed by atoms with Crippen molar-refractivity contribution in [1.82, 2.24) is 9.88 Å². The number of benzene rings is 2. The molecule has 2 aromatic carbocycles. The predicted octanol–water partition coefficient (Wildman–Crippen LogP) is 4.04. The number of rotatable bonds is 4. The Kier molecular flexibility index (Phi) is 3.49. The first kappa shape index (κ1) is 13.2. The third-order valence-corrected chi connectivity index (χ3v) is 4.23. The van der Waals surface area contributed by atoms with Crippen molar-refractivity contribution in [1.29, 1.82) is 0 Å². The maximum absolute atomic E-state index is 3.45. The van der Waals surface area contributed by atoms with E-state index in [1.165, 1.54) is 21.8 Å². The Morgan fingerprint density at radius 1 is 0.900 bits per heavy atom. The number of hydrogen-bond donors (Lipinski definition) is 1. The van der Waals surface area contributed by atoms with Crippen LogP contribution < -0.4 is 5.32 Å². The molecule has 0 amide bonds. The van der Waals surface area contributed by atoms with Gasteiger partial charge in [-0.1, -0.05) is 50.2 Å². The first-order valence-electron chi connectivity index (χ1n) is 7.35. The number of nitrogens with zero attached hydrogens (tertiary/aromatic N) is 1. The minimum atomic E-state index is 0.481. The van der Waals surface area contributed by atoms with E-state index in [2.05, 4.69) is 79.3 Å². The Bertz CT molecular complexity index is 671. The Morgan fingerprint density at radius 2 is 1.40 bits per heavy atom. The summed E-state index contributed by atoms with van der Waals surface area (Å²) < 4.78 is 2.45. The summed E-state index contributed by atoms with van der Waals surface area (Å²) in [5.41, 5.74) is 2.66. The highest BCUT2D eigenvalue weighted by atomic mass is 15.0. The maximum Gasteiger partial charge on any atom is 0.0491 e. The van der Waals surface area contributed by atoms with Gasteiger partial charge in [0.1, 0.15) is 0 Å². The van der Waals surface area contributed by atoms with Gasteiger partial charge in [-0.2, -0.15) is 0 Å². The molecule has 0 bridgehead atoms. The van der Waals surface area contributed by atoms with Gasteiger partial charge < -0.3 is 9.88 Å². The molecule has 1 N–H and O–H groups in total. The lowest BCUT2D eigenvalue weighted by molar-refractivity contribution is 0.386. The van der Waals surface area contributed by atoms with Crippen molar-refractivity contribution in [3.63, 3.8) is 0 Å². The second kappa shape index (κ2) is 5.29. The fraction of sp³-hybridized carbons (Fsp3) is 0.333. The lowest BCUT2D eigenvalue weighted by atomic mass is 10.0. The van der Waals surface area contributed by atoms with Gasteiger partial charge in [0.05, 0.1) is 0 Å². The SMILES string of the molecule is CNC(Cn1c2ccccc2c2ccccc21)C(C)C. The molecule has 20 heavy (non-hydrogen) atoms. The summed E-state index contributed by atoms with van der Waals surface area (Å²) in [6, 6.07) is 17.9. The number of aromatic nitrogens is 1. The van der Waals surface area contributed by atoms with Crippen LogP contribution in [0.15, 0.2) is 48.5 Å². The van der Waals surface area contributed by atoms with E-state index in [4.69, 9.17) is 0 Å². The van der Waals surface area contributed by atoms with E-state index in [1.807, 2.05) is 0 Å². The molecule has 2 heteroatoms. The zero-order chi connectivity index (χ0) is 14.1. The van der Waals surface area contributed by atoms with E-state index in [-0.39, 0.29) is 0 Å². The zero-order valence-corrected chi connectivity index (χ0v) is 12.4. The average Bonchev–Trinajstić information content (AvgIpc) is 2.79. The average molecular weight is 266 g/mol. The molecule has 0 fully saturated rings. The number of hydrogen-bond acceptors (Lipinski definition) is 1. The molecule has 3 aromatic rings. The van der Waals surface area contributed by atoms with E-state index >= 15 is 0 Å². The van der Waals surface area contributed by atoms with Crippen LogP contribution in [-0.2, 0) is 6.54 Å². The number of fused-ring (bicyclic) bond motifs is 3. The molecule has 0 aliphatic heterocycles. The van der Waals surface area contributed by atoms with Crippen LogP contribution in [0.1, 0.15) is 13.8 Å². The molecule has 1 unspecified atom stereocenters. The Hall–Kier alpha value is -1.80. The van der Waals surface area contributed by atoms with Crippen molar-refractivity contribution in [2.45, 2.75) is 26.4 Å². The van der Waals surface area contributed by atoms with Gasteiger partial charge in [-0.25, -0.2) is 0 Å². The quantitative estimate of drug-likeness (QED) is 0.754. The molecular weight excluding hydrogens is 244 g/mol. The minimum Gasteiger partial charge on any atom is -0.339 e. The Morgan fingerprint density at radius 3 is 1.85 bits per heavy atom. The van der Waals surface area contributed by atoms with Gasteiger partial charge in [0.15, 0.2) is 0 Å². The van der Waals surface area contributed by atoms with Crippen molar-refractivity contribution in [2.75, 3.05) is 7.05 Å². The van der Waals surface area contributed by atoms with E-state index in [1.54, 1.807) is 0 Å². The van der Waals surface area contributed by atoms with Gasteiger partial charge >= 0.3 is 0 Å². The van der Waals surface area contributed by atoms with Crippen LogP contribution in [0.3, 0.4) is 0 Å². The molecule has 2 nitrogen and oxygen atoms in total. The summed E-state index contributed by atoms with van der Waals surface area (Å²) in [5, 5.41) is 6.15. The van der Waals surface area contributed by atoms with Gasteiger partial charge in [-0.3, -0.25) is 0 Å². The summed E-state index contributed by atoms with van der Waals surface area (Å²) in [4.78, 5) is 0. The van der Waals surface area contributed by atoms with Gasteiger partial charge in [0.2, 0.25) is 0 Å². The summed E-state index contributed by atoms with van der Waals surface area (Å²) in [6.07, 6.45) is 0. The van der Waals surface area contributed by atoms with Crippen LogP contribution in [0.25, 0.3) is 21.8 Å². The van der Waals surface area contributed by atoms with Crippen LogP contribution >= 0.6 is 0 Å². The van der Waals surface area contributed by atoms with Gasteiger partial charge in [0, 0.05) is 34.4 Å². The first-order valence-corrected chi connectivity index (χ1v) is 7.35. The topological polar surface area (TPSA) is 17.0 Å². The first-order chi connectivity index (χ1) is 9.72. The third-order valence-electron chi connectivity index (χ3n) is 4.23. The lowest BCUT2D eigenvalue weighted by Crippen LogP contribution is -2.34. The van der Waals surface area contributed by atoms with Crippen molar-refractivity contribution >= 4 is 21.8 Å². The molecule has 0 radical (unpaired) electrons. The fourth-order valence-corrected chi connectivity index (χ4v) is 3.03. The fourth-order valence-electron chi connectivity index (χ4n) is 3.03. The zero-order valence-electron chi connectivity index (χ0n) is 12.4. The molecule has 3 rings (SSSR count). The van der Waals surface area contributed by atoms with E-state index in [9.17, 15) is 0 Å². The van der Waals surface area contributed by atoms with Crippen molar-refractivity contribution in [2.24, 2.45) is 5.92 Å². The largest absolute Gasteiger partial charge is 0.339 e. The van der Waals surface area contributed by atoms with Crippen molar-refractivity contribution in [3.05, 3.63) is 48.5 Å². The minimum absolute atomic E-state index is 0.481. The number of nitrogens with one attached hydrogen (secondary N) is 1. The molecule has 0 saturated heterocycles. The second-order valence-electron chi connectivity index (χ2n) is 5.78. The molecule has 1 aromatic heterocycles. The van der Waals surface area contributed by atoms with Gasteiger partial charge in [-0.05, 0) is 25.1 Å². The predicted molar refractivity (Wildman–Crippen MR) is 87.1 cm³/mol. The Labute approximate surface area is 120 Å². The van der Waals surface area contributed by atoms with Crippen LogP contribution in [0.4, 0.5) is 0 Å². The van der Waals surface area contributed by atoms with Gasteiger partial charge in [0.25, 0.3) is 0 Å². The molecule has 0 aliphatic rings. The molecular formula is C18H22N2. The molecule has 1 heterocycles. The normalized spacial score (nSPS) is 13.4. The summed E-state index contributed by atoms with van der Waals surface area (Å²) in [6.45, 7) is 5.55. The van der Waals surface area contributed by atoms with Gasteiger partial charge in [-0.15, -0.1) is 0 Å². The highest BCUT2D eigenvalue weighted by molar-refractivity contribution is 6.07. The molecule has 0 saturated carbocycles. The van der Waals surface area contributed by atoms with Crippen molar-refractivity contribution < 1.29 is 0 Å². The summed E-state index contributed by atoms with van der Waals surface area (Å²) in [5.74, 6) is 0.611. The summed E-state index contributed by atoms with van der Waals surface area (Å²) in [7, 11) is 2.05. The monoisotopic (exact) mass is 266 g/mol. The Balaban J connectivity index is 2.21. The lowest BCUT2D eigenvalue weighted by Gasteiger charge is -2.22. The van der Waals surface area contributed by atoms with E-state index in [0.717, 1.165) is 6.54 Å². The second-order valence-corrected chi connectivity index (χ2v) is 5.78. The molecule has 104 valence electrons. The smallest absolute Gasteiger partial charge is 0.0491 e. The highest BCUT2D eigenvalue weighted by Gasteiger charge is 2.15. The van der Waals surface area contributed by atoms with Crippen molar-refractivity contribution in [3.8, 4) is 0 Å². The molecule has 0 aliphatic carbocycles.